The fourth-order valence-corrected chi connectivity index (χ4v) is 2.20. The summed E-state index contributed by atoms with van der Waals surface area (Å²) in [5, 5.41) is 8.26. The van der Waals surface area contributed by atoms with Crippen LogP contribution in [0.5, 0.6) is 0 Å². The molecule has 0 saturated carbocycles. The van der Waals surface area contributed by atoms with E-state index in [-0.39, 0.29) is 5.92 Å². The van der Waals surface area contributed by atoms with Crippen LogP contribution in [0.1, 0.15) is 50.4 Å². The Labute approximate surface area is 130 Å². The first kappa shape index (κ1) is 16.0. The second-order valence-corrected chi connectivity index (χ2v) is 5.82. The van der Waals surface area contributed by atoms with E-state index in [0.717, 1.165) is 23.6 Å². The molecule has 1 N–H and O–H groups in total. The molecule has 0 radical (unpaired) electrons. The number of aromatic nitrogens is 2. The molecule has 0 aliphatic carbocycles. The van der Waals surface area contributed by atoms with E-state index in [9.17, 15) is 0 Å². The minimum absolute atomic E-state index is 0.197. The molecule has 0 bridgehead atoms. The van der Waals surface area contributed by atoms with Gasteiger partial charge in [0.05, 0.1) is 5.92 Å². The lowest BCUT2D eigenvalue weighted by Crippen LogP contribution is -2.31. The largest absolute Gasteiger partial charge is 0.339 e. The van der Waals surface area contributed by atoms with Crippen molar-refractivity contribution in [2.45, 2.75) is 45.6 Å². The molecule has 2 atom stereocenters. The van der Waals surface area contributed by atoms with Crippen LogP contribution in [0, 0.1) is 0 Å². The van der Waals surface area contributed by atoms with Crippen LogP contribution in [0.4, 0.5) is 0 Å². The number of halogens is 1. The molecule has 2 unspecified atom stereocenters. The summed E-state index contributed by atoms with van der Waals surface area (Å²) in [6, 6.07) is 8.02. The zero-order chi connectivity index (χ0) is 15.2. The van der Waals surface area contributed by atoms with Gasteiger partial charge in [-0.3, -0.25) is 0 Å². The van der Waals surface area contributed by atoms with Gasteiger partial charge in [-0.15, -0.1) is 0 Å². The molecule has 0 aliphatic rings. The van der Waals surface area contributed by atoms with E-state index in [4.69, 9.17) is 16.1 Å². The predicted octanol–water partition coefficient (Wildman–Crippen LogP) is 3.81. The first-order chi connectivity index (χ1) is 10.1. The Bertz CT molecular complexity index is 553. The van der Waals surface area contributed by atoms with Crippen LogP contribution in [0.2, 0.25) is 5.02 Å². The van der Waals surface area contributed by atoms with E-state index in [1.807, 2.05) is 24.3 Å². The summed E-state index contributed by atoms with van der Waals surface area (Å²) in [6.45, 7) is 7.40. The minimum atomic E-state index is 0.197. The van der Waals surface area contributed by atoms with Crippen LogP contribution in [0.15, 0.2) is 28.8 Å². The highest BCUT2D eigenvalue weighted by atomic mass is 35.5. The monoisotopic (exact) mass is 307 g/mol. The maximum absolute atomic E-state index is 5.88. The normalized spacial score (nSPS) is 14.1. The minimum Gasteiger partial charge on any atom is -0.339 e. The summed E-state index contributed by atoms with van der Waals surface area (Å²) >= 11 is 5.88. The van der Waals surface area contributed by atoms with E-state index in [1.165, 1.54) is 0 Å². The highest BCUT2D eigenvalue weighted by molar-refractivity contribution is 6.30. The summed E-state index contributed by atoms with van der Waals surface area (Å²) < 4.78 is 5.40. The number of hydrogen-bond acceptors (Lipinski definition) is 4. The van der Waals surface area contributed by atoms with Crippen LogP contribution in [-0.2, 0) is 6.42 Å². The van der Waals surface area contributed by atoms with Crippen molar-refractivity contribution >= 4 is 11.6 Å². The quantitative estimate of drug-likeness (QED) is 0.845. The van der Waals surface area contributed by atoms with Gasteiger partial charge in [-0.25, -0.2) is 0 Å². The van der Waals surface area contributed by atoms with Crippen molar-refractivity contribution in [1.82, 2.24) is 15.5 Å². The van der Waals surface area contributed by atoms with Crippen LogP contribution >= 0.6 is 11.6 Å². The van der Waals surface area contributed by atoms with Crippen molar-refractivity contribution in [3.05, 3.63) is 46.6 Å². The lowest BCUT2D eigenvalue weighted by atomic mass is 10.0. The van der Waals surface area contributed by atoms with E-state index >= 15 is 0 Å². The average molecular weight is 308 g/mol. The van der Waals surface area contributed by atoms with Gasteiger partial charge in [-0.1, -0.05) is 42.7 Å². The molecule has 1 heterocycles. The number of nitrogens with zero attached hydrogens (tertiary/aromatic N) is 2. The second kappa shape index (κ2) is 7.57. The standard InChI is InChI=1S/C16H22ClN3O/c1-4-9-18-12(3)11(2)16-19-15(20-21-16)10-13-5-7-14(17)8-6-13/h5-8,11-12,18H,4,9-10H2,1-3H3. The molecule has 4 nitrogen and oxygen atoms in total. The van der Waals surface area contributed by atoms with E-state index in [1.54, 1.807) is 0 Å². The number of benzene rings is 1. The highest BCUT2D eigenvalue weighted by Crippen LogP contribution is 2.18. The zero-order valence-corrected chi connectivity index (χ0v) is 13.5. The highest BCUT2D eigenvalue weighted by Gasteiger charge is 2.20. The molecule has 1 aromatic carbocycles. The maximum atomic E-state index is 5.88. The van der Waals surface area contributed by atoms with E-state index in [0.29, 0.717) is 24.2 Å². The Kier molecular flexibility index (Phi) is 5.76. The zero-order valence-electron chi connectivity index (χ0n) is 12.8. The molecule has 0 saturated heterocycles. The maximum Gasteiger partial charge on any atom is 0.231 e. The molecule has 1 aromatic heterocycles. The third-order valence-electron chi connectivity index (χ3n) is 3.62. The SMILES string of the molecule is CCCNC(C)C(C)c1nc(Cc2ccc(Cl)cc2)no1. The molecule has 2 rings (SSSR count). The fourth-order valence-electron chi connectivity index (χ4n) is 2.07. The molecule has 21 heavy (non-hydrogen) atoms. The Morgan fingerprint density at radius 3 is 2.62 bits per heavy atom. The van der Waals surface area contributed by atoms with E-state index < -0.39 is 0 Å². The molecule has 2 aromatic rings. The Hall–Kier alpha value is -1.39. The van der Waals surface area contributed by atoms with E-state index in [2.05, 4.69) is 36.2 Å². The molecule has 0 spiro atoms. The summed E-state index contributed by atoms with van der Waals surface area (Å²) in [4.78, 5) is 4.51. The van der Waals surface area contributed by atoms with Crippen molar-refractivity contribution in [3.8, 4) is 0 Å². The van der Waals surface area contributed by atoms with Crippen molar-refractivity contribution in [3.63, 3.8) is 0 Å². The lowest BCUT2D eigenvalue weighted by Gasteiger charge is -2.17. The van der Waals surface area contributed by atoms with Crippen LogP contribution in [0.3, 0.4) is 0 Å². The van der Waals surface area contributed by atoms with Crippen molar-refractivity contribution < 1.29 is 4.52 Å². The van der Waals surface area contributed by atoms with Gasteiger partial charge in [0.25, 0.3) is 0 Å². The molecule has 5 heteroatoms. The van der Waals surface area contributed by atoms with Gasteiger partial charge in [0.1, 0.15) is 0 Å². The molecule has 114 valence electrons. The smallest absolute Gasteiger partial charge is 0.231 e. The van der Waals surface area contributed by atoms with Crippen molar-refractivity contribution in [2.75, 3.05) is 6.54 Å². The lowest BCUT2D eigenvalue weighted by molar-refractivity contribution is 0.328. The Morgan fingerprint density at radius 2 is 1.95 bits per heavy atom. The molecule has 0 fully saturated rings. The van der Waals surface area contributed by atoms with Crippen molar-refractivity contribution in [2.24, 2.45) is 0 Å². The average Bonchev–Trinajstić information content (AvgIpc) is 2.95. The van der Waals surface area contributed by atoms with Gasteiger partial charge in [-0.2, -0.15) is 4.98 Å². The number of rotatable bonds is 7. The third-order valence-corrected chi connectivity index (χ3v) is 3.87. The molecule has 0 amide bonds. The topological polar surface area (TPSA) is 51.0 Å². The van der Waals surface area contributed by atoms with Gasteiger partial charge in [0, 0.05) is 17.5 Å². The van der Waals surface area contributed by atoms with Crippen LogP contribution in [0.25, 0.3) is 0 Å². The molecular formula is C16H22ClN3O. The van der Waals surface area contributed by atoms with Crippen LogP contribution < -0.4 is 5.32 Å². The third kappa shape index (κ3) is 4.55. The first-order valence-electron chi connectivity index (χ1n) is 7.40. The molecule has 0 aliphatic heterocycles. The summed E-state index contributed by atoms with van der Waals surface area (Å²) in [5.74, 6) is 1.60. The van der Waals surface area contributed by atoms with Gasteiger partial charge in [0.2, 0.25) is 5.89 Å². The fraction of sp³-hybridized carbons (Fsp3) is 0.500. The summed E-state index contributed by atoms with van der Waals surface area (Å²) in [5.41, 5.74) is 1.12. The Balaban J connectivity index is 1.98. The Morgan fingerprint density at radius 1 is 1.24 bits per heavy atom. The summed E-state index contributed by atoms with van der Waals surface area (Å²) in [7, 11) is 0. The predicted molar refractivity (Wildman–Crippen MR) is 84.7 cm³/mol. The first-order valence-corrected chi connectivity index (χ1v) is 7.78. The van der Waals surface area contributed by atoms with Gasteiger partial charge in [0.15, 0.2) is 5.82 Å². The number of hydrogen-bond donors (Lipinski definition) is 1. The van der Waals surface area contributed by atoms with Crippen LogP contribution in [-0.4, -0.2) is 22.7 Å². The van der Waals surface area contributed by atoms with Gasteiger partial charge < -0.3 is 9.84 Å². The van der Waals surface area contributed by atoms with Gasteiger partial charge >= 0.3 is 0 Å². The second-order valence-electron chi connectivity index (χ2n) is 5.38. The molecular weight excluding hydrogens is 286 g/mol. The van der Waals surface area contributed by atoms with Gasteiger partial charge in [-0.05, 0) is 37.6 Å². The number of nitrogens with one attached hydrogen (secondary N) is 1. The van der Waals surface area contributed by atoms with Crippen molar-refractivity contribution in [1.29, 1.82) is 0 Å². The summed E-state index contributed by atoms with van der Waals surface area (Å²) in [6.07, 6.45) is 1.77.